The van der Waals surface area contributed by atoms with Gasteiger partial charge in [-0.25, -0.2) is 5.43 Å². The van der Waals surface area contributed by atoms with Crippen molar-refractivity contribution in [1.82, 2.24) is 5.43 Å². The van der Waals surface area contributed by atoms with Crippen LogP contribution in [-0.4, -0.2) is 30.9 Å². The Morgan fingerprint density at radius 3 is 2.64 bits per heavy atom. The Hall–Kier alpha value is -3.07. The fraction of sp³-hybridized carbons (Fsp3) is 0.211. The van der Waals surface area contributed by atoms with Crippen molar-refractivity contribution in [3.8, 4) is 17.2 Å². The second kappa shape index (κ2) is 9.23. The Morgan fingerprint density at radius 2 is 1.86 bits per heavy atom. The fourth-order valence-electron chi connectivity index (χ4n) is 2.32. The number of carbonyl (C=O) groups excluding carboxylic acids is 2. The number of benzene rings is 2. The third kappa shape index (κ3) is 5.71. The number of hydrazone groups is 1. The first-order valence-corrected chi connectivity index (χ1v) is 9.19. The smallest absolute Gasteiger partial charge is 0.277 e. The van der Waals surface area contributed by atoms with Crippen LogP contribution in [0.15, 0.2) is 52.0 Å². The van der Waals surface area contributed by atoms with E-state index in [-0.39, 0.29) is 25.7 Å². The maximum absolute atomic E-state index is 12.1. The van der Waals surface area contributed by atoms with Crippen LogP contribution < -0.4 is 25.0 Å². The summed E-state index contributed by atoms with van der Waals surface area (Å²) in [6, 6.07) is 12.2. The molecule has 1 aliphatic rings. The second-order valence-corrected chi connectivity index (χ2v) is 6.83. The van der Waals surface area contributed by atoms with Gasteiger partial charge < -0.3 is 19.5 Å². The lowest BCUT2D eigenvalue weighted by Gasteiger charge is -2.07. The third-order valence-corrected chi connectivity index (χ3v) is 4.16. The van der Waals surface area contributed by atoms with Crippen LogP contribution in [0.3, 0.4) is 0 Å². The SMILES string of the molecule is C/C(CC(=O)Nc1ccc2c(c1)OCO2)=N/NC(=O)COc1ccc(Br)cc1. The number of ether oxygens (including phenoxy) is 3. The zero-order valence-electron chi connectivity index (χ0n) is 15.0. The normalized spacial score (nSPS) is 12.4. The highest BCUT2D eigenvalue weighted by atomic mass is 79.9. The number of amides is 2. The topological polar surface area (TPSA) is 98.3 Å². The second-order valence-electron chi connectivity index (χ2n) is 5.92. The van der Waals surface area contributed by atoms with E-state index in [1.807, 2.05) is 12.1 Å². The summed E-state index contributed by atoms with van der Waals surface area (Å²) in [5.74, 6) is 1.12. The van der Waals surface area contributed by atoms with E-state index >= 15 is 0 Å². The number of halogens is 1. The molecule has 2 aromatic rings. The lowest BCUT2D eigenvalue weighted by atomic mass is 10.2. The molecule has 0 unspecified atom stereocenters. The predicted octanol–water partition coefficient (Wildman–Crippen LogP) is 3.08. The first-order chi connectivity index (χ1) is 13.5. The predicted molar refractivity (Wildman–Crippen MR) is 107 cm³/mol. The van der Waals surface area contributed by atoms with E-state index in [1.54, 1.807) is 37.3 Å². The van der Waals surface area contributed by atoms with E-state index in [2.05, 4.69) is 31.8 Å². The van der Waals surface area contributed by atoms with Crippen LogP contribution in [0.4, 0.5) is 5.69 Å². The van der Waals surface area contributed by atoms with E-state index in [9.17, 15) is 9.59 Å². The molecule has 9 heteroatoms. The first-order valence-electron chi connectivity index (χ1n) is 8.39. The number of carbonyl (C=O) groups is 2. The molecule has 0 saturated carbocycles. The van der Waals surface area contributed by atoms with E-state index in [4.69, 9.17) is 14.2 Å². The van der Waals surface area contributed by atoms with Crippen molar-refractivity contribution in [2.24, 2.45) is 5.10 Å². The Kier molecular flexibility index (Phi) is 6.49. The molecule has 8 nitrogen and oxygen atoms in total. The number of fused-ring (bicyclic) bond motifs is 1. The maximum atomic E-state index is 12.1. The van der Waals surface area contributed by atoms with Gasteiger partial charge in [0.25, 0.3) is 5.91 Å². The lowest BCUT2D eigenvalue weighted by Crippen LogP contribution is -2.26. The molecule has 2 amide bonds. The van der Waals surface area contributed by atoms with E-state index in [0.29, 0.717) is 28.6 Å². The van der Waals surface area contributed by atoms with Gasteiger partial charge in [0.2, 0.25) is 12.7 Å². The molecule has 0 radical (unpaired) electrons. The number of hydrogen-bond acceptors (Lipinski definition) is 6. The lowest BCUT2D eigenvalue weighted by molar-refractivity contribution is -0.123. The molecule has 2 aromatic carbocycles. The van der Waals surface area contributed by atoms with Crippen molar-refractivity contribution in [3.63, 3.8) is 0 Å². The molecule has 28 heavy (non-hydrogen) atoms. The summed E-state index contributed by atoms with van der Waals surface area (Å²) in [6.45, 7) is 1.64. The zero-order valence-corrected chi connectivity index (χ0v) is 16.6. The van der Waals surface area contributed by atoms with Crippen LogP contribution in [0.2, 0.25) is 0 Å². The van der Waals surface area contributed by atoms with Crippen LogP contribution in [0.1, 0.15) is 13.3 Å². The van der Waals surface area contributed by atoms with Gasteiger partial charge in [0.15, 0.2) is 18.1 Å². The molecule has 0 aliphatic carbocycles. The number of hydrogen-bond donors (Lipinski definition) is 2. The van der Waals surface area contributed by atoms with Gasteiger partial charge in [-0.2, -0.15) is 5.10 Å². The highest BCUT2D eigenvalue weighted by Crippen LogP contribution is 2.34. The molecule has 1 heterocycles. The minimum atomic E-state index is -0.418. The molecule has 0 saturated heterocycles. The van der Waals surface area contributed by atoms with Crippen molar-refractivity contribution in [2.75, 3.05) is 18.7 Å². The summed E-state index contributed by atoms with van der Waals surface area (Å²) in [5.41, 5.74) is 3.41. The Bertz CT molecular complexity index is 899. The van der Waals surface area contributed by atoms with Crippen LogP contribution in [0.25, 0.3) is 0 Å². The molecule has 146 valence electrons. The first kappa shape index (κ1) is 19.7. The molecule has 0 bridgehead atoms. The van der Waals surface area contributed by atoms with Crippen molar-refractivity contribution < 1.29 is 23.8 Å². The maximum Gasteiger partial charge on any atom is 0.277 e. The minimum absolute atomic E-state index is 0.0301. The van der Waals surface area contributed by atoms with Gasteiger partial charge in [0.1, 0.15) is 5.75 Å². The largest absolute Gasteiger partial charge is 0.484 e. The van der Waals surface area contributed by atoms with Gasteiger partial charge in [-0.1, -0.05) is 15.9 Å². The van der Waals surface area contributed by atoms with Crippen LogP contribution in [0.5, 0.6) is 17.2 Å². The standard InChI is InChI=1S/C19H18BrN3O5/c1-12(22-23-19(25)10-26-15-5-2-13(20)3-6-15)8-18(24)21-14-4-7-16-17(9-14)28-11-27-16/h2-7,9H,8,10-11H2,1H3,(H,21,24)(H,23,25)/b22-12-. The summed E-state index contributed by atoms with van der Waals surface area (Å²) in [5, 5.41) is 6.66. The molecule has 0 aromatic heterocycles. The van der Waals surface area contributed by atoms with Gasteiger partial charge in [-0.05, 0) is 43.3 Å². The van der Waals surface area contributed by atoms with Gasteiger partial charge in [-0.15, -0.1) is 0 Å². The summed E-state index contributed by atoms with van der Waals surface area (Å²) in [6.07, 6.45) is 0.0301. The Balaban J connectivity index is 1.42. The van der Waals surface area contributed by atoms with E-state index < -0.39 is 5.91 Å². The van der Waals surface area contributed by atoms with Gasteiger partial charge in [0, 0.05) is 21.9 Å². The van der Waals surface area contributed by atoms with Gasteiger partial charge >= 0.3 is 0 Å². The van der Waals surface area contributed by atoms with Crippen LogP contribution in [0, 0.1) is 0 Å². The van der Waals surface area contributed by atoms with Gasteiger partial charge in [0.05, 0.1) is 6.42 Å². The van der Waals surface area contributed by atoms with Crippen molar-refractivity contribution in [3.05, 3.63) is 46.9 Å². The van der Waals surface area contributed by atoms with Gasteiger partial charge in [-0.3, -0.25) is 9.59 Å². The Labute approximate surface area is 170 Å². The zero-order chi connectivity index (χ0) is 19.9. The average molecular weight is 448 g/mol. The highest BCUT2D eigenvalue weighted by molar-refractivity contribution is 9.10. The monoisotopic (exact) mass is 447 g/mol. The summed E-state index contributed by atoms with van der Waals surface area (Å²) < 4.78 is 16.8. The van der Waals surface area contributed by atoms with Crippen LogP contribution >= 0.6 is 15.9 Å². The highest BCUT2D eigenvalue weighted by Gasteiger charge is 2.14. The van der Waals surface area contributed by atoms with Crippen molar-refractivity contribution >= 4 is 39.1 Å². The molecular weight excluding hydrogens is 430 g/mol. The quantitative estimate of drug-likeness (QED) is 0.501. The number of nitrogens with zero attached hydrogens (tertiary/aromatic N) is 1. The molecule has 0 fully saturated rings. The minimum Gasteiger partial charge on any atom is -0.484 e. The number of nitrogens with one attached hydrogen (secondary N) is 2. The number of anilines is 1. The molecule has 3 rings (SSSR count). The molecular formula is C19H18BrN3O5. The average Bonchev–Trinajstić information content (AvgIpc) is 3.13. The molecule has 0 atom stereocenters. The fourth-order valence-corrected chi connectivity index (χ4v) is 2.59. The molecule has 1 aliphatic heterocycles. The Morgan fingerprint density at radius 1 is 1.11 bits per heavy atom. The molecule has 2 N–H and O–H groups in total. The summed E-state index contributed by atoms with van der Waals surface area (Å²) in [7, 11) is 0. The van der Waals surface area contributed by atoms with Crippen LogP contribution in [-0.2, 0) is 9.59 Å². The summed E-state index contributed by atoms with van der Waals surface area (Å²) >= 11 is 3.32. The van der Waals surface area contributed by atoms with Crippen molar-refractivity contribution in [1.29, 1.82) is 0 Å². The summed E-state index contributed by atoms with van der Waals surface area (Å²) in [4.78, 5) is 23.9. The van der Waals surface area contributed by atoms with E-state index in [0.717, 1.165) is 4.47 Å². The number of rotatable bonds is 7. The van der Waals surface area contributed by atoms with Crippen molar-refractivity contribution in [2.45, 2.75) is 13.3 Å². The molecule has 0 spiro atoms. The van der Waals surface area contributed by atoms with E-state index in [1.165, 1.54) is 0 Å². The third-order valence-electron chi connectivity index (χ3n) is 3.63.